The molecule has 1 aliphatic heterocycles. The number of rotatable bonds is 4. The minimum Gasteiger partial charge on any atom is -0.496 e. The Morgan fingerprint density at radius 2 is 2.24 bits per heavy atom. The van der Waals surface area contributed by atoms with Gasteiger partial charge in [0.2, 0.25) is 0 Å². The van der Waals surface area contributed by atoms with Crippen LogP contribution in [0.5, 0.6) is 5.75 Å². The first-order valence-corrected chi connectivity index (χ1v) is 6.61. The second-order valence-corrected chi connectivity index (χ2v) is 5.19. The summed E-state index contributed by atoms with van der Waals surface area (Å²) in [7, 11) is 1.76. The van der Waals surface area contributed by atoms with Crippen LogP contribution in [-0.4, -0.2) is 19.7 Å². The molecule has 0 spiro atoms. The lowest BCUT2D eigenvalue weighted by molar-refractivity contribution is 0.406. The SMILES string of the molecule is COc1cccc(CC2CCCN2)c1C(C)C. The standard InChI is InChI=1S/C15H23NO/c1-11(2)15-12(6-4-8-14(15)17-3)10-13-7-5-9-16-13/h4,6,8,11,13,16H,5,7,9-10H2,1-3H3. The van der Waals surface area contributed by atoms with Gasteiger partial charge in [0, 0.05) is 6.04 Å². The lowest BCUT2D eigenvalue weighted by atomic mass is 9.92. The van der Waals surface area contributed by atoms with Crippen molar-refractivity contribution in [1.82, 2.24) is 5.32 Å². The Morgan fingerprint density at radius 3 is 2.82 bits per heavy atom. The lowest BCUT2D eigenvalue weighted by Crippen LogP contribution is -2.24. The molecule has 0 amide bonds. The highest BCUT2D eigenvalue weighted by Gasteiger charge is 2.18. The summed E-state index contributed by atoms with van der Waals surface area (Å²) in [6.07, 6.45) is 3.74. The van der Waals surface area contributed by atoms with Crippen molar-refractivity contribution in [2.24, 2.45) is 0 Å². The van der Waals surface area contributed by atoms with Gasteiger partial charge in [-0.2, -0.15) is 0 Å². The average molecular weight is 233 g/mol. The summed E-state index contributed by atoms with van der Waals surface area (Å²) in [6.45, 7) is 5.65. The number of nitrogens with one attached hydrogen (secondary N) is 1. The topological polar surface area (TPSA) is 21.3 Å². The Balaban J connectivity index is 2.25. The maximum atomic E-state index is 5.49. The van der Waals surface area contributed by atoms with E-state index < -0.39 is 0 Å². The highest BCUT2D eigenvalue weighted by atomic mass is 16.5. The molecule has 1 saturated heterocycles. The van der Waals surface area contributed by atoms with Gasteiger partial charge in [0.05, 0.1) is 7.11 Å². The van der Waals surface area contributed by atoms with Crippen molar-refractivity contribution in [1.29, 1.82) is 0 Å². The van der Waals surface area contributed by atoms with Crippen LogP contribution in [0.3, 0.4) is 0 Å². The maximum absolute atomic E-state index is 5.49. The van der Waals surface area contributed by atoms with E-state index in [-0.39, 0.29) is 0 Å². The van der Waals surface area contributed by atoms with Crippen LogP contribution in [0.4, 0.5) is 0 Å². The summed E-state index contributed by atoms with van der Waals surface area (Å²) in [5.74, 6) is 1.55. The zero-order valence-electron chi connectivity index (χ0n) is 11.1. The van der Waals surface area contributed by atoms with Gasteiger partial charge in [-0.15, -0.1) is 0 Å². The van der Waals surface area contributed by atoms with Gasteiger partial charge >= 0.3 is 0 Å². The fraction of sp³-hybridized carbons (Fsp3) is 0.600. The average Bonchev–Trinajstić information content (AvgIpc) is 2.81. The van der Waals surface area contributed by atoms with Crippen LogP contribution in [0.1, 0.15) is 43.7 Å². The van der Waals surface area contributed by atoms with E-state index in [4.69, 9.17) is 4.74 Å². The van der Waals surface area contributed by atoms with Crippen molar-refractivity contribution < 1.29 is 4.74 Å². The van der Waals surface area contributed by atoms with Crippen LogP contribution in [0.15, 0.2) is 18.2 Å². The summed E-state index contributed by atoms with van der Waals surface area (Å²) < 4.78 is 5.49. The molecule has 1 N–H and O–H groups in total. The molecule has 1 aromatic rings. The molecule has 2 nitrogen and oxygen atoms in total. The molecule has 1 unspecified atom stereocenters. The molecule has 1 heterocycles. The number of ether oxygens (including phenoxy) is 1. The van der Waals surface area contributed by atoms with E-state index in [9.17, 15) is 0 Å². The van der Waals surface area contributed by atoms with Crippen LogP contribution in [-0.2, 0) is 6.42 Å². The normalized spacial score (nSPS) is 19.9. The van der Waals surface area contributed by atoms with Gasteiger partial charge in [0.1, 0.15) is 5.75 Å². The Kier molecular flexibility index (Phi) is 4.06. The van der Waals surface area contributed by atoms with E-state index in [0.717, 1.165) is 12.2 Å². The number of hydrogen-bond acceptors (Lipinski definition) is 2. The predicted octanol–water partition coefficient (Wildman–Crippen LogP) is 3.11. The van der Waals surface area contributed by atoms with E-state index in [1.807, 2.05) is 0 Å². The molecule has 0 saturated carbocycles. The first kappa shape index (κ1) is 12.4. The Morgan fingerprint density at radius 1 is 1.41 bits per heavy atom. The summed E-state index contributed by atoms with van der Waals surface area (Å²) in [5, 5.41) is 3.57. The molecular weight excluding hydrogens is 210 g/mol. The Labute approximate surface area is 104 Å². The third-order valence-corrected chi connectivity index (χ3v) is 3.58. The highest BCUT2D eigenvalue weighted by Crippen LogP contribution is 2.31. The fourth-order valence-electron chi connectivity index (χ4n) is 2.80. The van der Waals surface area contributed by atoms with Gasteiger partial charge in [-0.1, -0.05) is 26.0 Å². The molecule has 1 fully saturated rings. The summed E-state index contributed by atoms with van der Waals surface area (Å²) in [6, 6.07) is 7.08. The van der Waals surface area contributed by atoms with Crippen LogP contribution in [0.2, 0.25) is 0 Å². The van der Waals surface area contributed by atoms with Gasteiger partial charge in [-0.25, -0.2) is 0 Å². The van der Waals surface area contributed by atoms with Crippen LogP contribution in [0, 0.1) is 0 Å². The predicted molar refractivity (Wildman–Crippen MR) is 71.8 cm³/mol. The number of benzene rings is 1. The van der Waals surface area contributed by atoms with E-state index in [0.29, 0.717) is 12.0 Å². The van der Waals surface area contributed by atoms with Crippen molar-refractivity contribution in [2.45, 2.75) is 45.1 Å². The second kappa shape index (κ2) is 5.54. The summed E-state index contributed by atoms with van der Waals surface area (Å²) in [5.41, 5.74) is 2.82. The van der Waals surface area contributed by atoms with Crippen LogP contribution in [0.25, 0.3) is 0 Å². The summed E-state index contributed by atoms with van der Waals surface area (Å²) in [4.78, 5) is 0. The lowest BCUT2D eigenvalue weighted by Gasteiger charge is -2.19. The van der Waals surface area contributed by atoms with Gasteiger partial charge in [0.15, 0.2) is 0 Å². The second-order valence-electron chi connectivity index (χ2n) is 5.19. The van der Waals surface area contributed by atoms with E-state index in [1.165, 1.54) is 30.5 Å². The first-order chi connectivity index (χ1) is 8.22. The van der Waals surface area contributed by atoms with Gasteiger partial charge in [-0.05, 0) is 48.9 Å². The molecule has 1 atom stereocenters. The molecule has 17 heavy (non-hydrogen) atoms. The molecule has 0 aliphatic carbocycles. The molecule has 0 radical (unpaired) electrons. The highest BCUT2D eigenvalue weighted by molar-refractivity contribution is 5.42. The van der Waals surface area contributed by atoms with Gasteiger partial charge < -0.3 is 10.1 Å². The van der Waals surface area contributed by atoms with Crippen molar-refractivity contribution in [3.63, 3.8) is 0 Å². The smallest absolute Gasteiger partial charge is 0.122 e. The number of hydrogen-bond donors (Lipinski definition) is 1. The van der Waals surface area contributed by atoms with Crippen molar-refractivity contribution >= 4 is 0 Å². The molecule has 0 bridgehead atoms. The zero-order valence-corrected chi connectivity index (χ0v) is 11.1. The molecule has 0 aromatic heterocycles. The minimum atomic E-state index is 0.516. The molecule has 2 heteroatoms. The van der Waals surface area contributed by atoms with Crippen molar-refractivity contribution in [3.8, 4) is 5.75 Å². The van der Waals surface area contributed by atoms with Crippen molar-refractivity contribution in [3.05, 3.63) is 29.3 Å². The molecule has 1 aromatic carbocycles. The third-order valence-electron chi connectivity index (χ3n) is 3.58. The zero-order chi connectivity index (χ0) is 12.3. The quantitative estimate of drug-likeness (QED) is 0.862. The van der Waals surface area contributed by atoms with E-state index in [2.05, 4.69) is 37.4 Å². The van der Waals surface area contributed by atoms with Crippen molar-refractivity contribution in [2.75, 3.05) is 13.7 Å². The molecular formula is C15H23NO. The first-order valence-electron chi connectivity index (χ1n) is 6.61. The molecule has 1 aliphatic rings. The fourth-order valence-corrected chi connectivity index (χ4v) is 2.80. The Bertz CT molecular complexity index is 367. The number of methoxy groups -OCH3 is 1. The van der Waals surface area contributed by atoms with Gasteiger partial charge in [0.25, 0.3) is 0 Å². The third kappa shape index (κ3) is 2.81. The van der Waals surface area contributed by atoms with Crippen LogP contribution < -0.4 is 10.1 Å². The largest absolute Gasteiger partial charge is 0.496 e. The summed E-state index contributed by atoms with van der Waals surface area (Å²) >= 11 is 0. The van der Waals surface area contributed by atoms with Gasteiger partial charge in [-0.3, -0.25) is 0 Å². The van der Waals surface area contributed by atoms with Crippen LogP contribution >= 0.6 is 0 Å². The molecule has 94 valence electrons. The monoisotopic (exact) mass is 233 g/mol. The van der Waals surface area contributed by atoms with E-state index >= 15 is 0 Å². The Hall–Kier alpha value is -1.02. The minimum absolute atomic E-state index is 0.516. The van der Waals surface area contributed by atoms with E-state index in [1.54, 1.807) is 7.11 Å². The molecule has 2 rings (SSSR count). The maximum Gasteiger partial charge on any atom is 0.122 e.